The number of ether oxygens (including phenoxy) is 1. The van der Waals surface area contributed by atoms with Crippen molar-refractivity contribution in [3.8, 4) is 5.75 Å². The number of nitrogens with two attached hydrogens (primary N) is 1. The van der Waals surface area contributed by atoms with Crippen molar-refractivity contribution in [2.45, 2.75) is 13.0 Å². The van der Waals surface area contributed by atoms with Gasteiger partial charge >= 0.3 is 5.97 Å². The third-order valence-electron chi connectivity index (χ3n) is 2.73. The number of amides is 1. The number of aromatic carboxylic acids is 1. The fourth-order valence-electron chi connectivity index (χ4n) is 1.89. The number of para-hydroxylation sites is 1. The summed E-state index contributed by atoms with van der Waals surface area (Å²) >= 11 is 0. The number of carboxylic acid groups (broad SMARTS) is 1. The average molecular weight is 250 g/mol. The second-order valence-corrected chi connectivity index (χ2v) is 4.09. The Morgan fingerprint density at radius 1 is 1.50 bits per heavy atom. The van der Waals surface area contributed by atoms with Crippen molar-refractivity contribution in [1.29, 1.82) is 0 Å². The number of carboxylic acids is 1. The van der Waals surface area contributed by atoms with Crippen molar-refractivity contribution in [3.05, 3.63) is 23.8 Å². The van der Waals surface area contributed by atoms with E-state index in [9.17, 15) is 9.59 Å². The predicted octanol–water partition coefficient (Wildman–Crippen LogP) is 0.457. The zero-order chi connectivity index (χ0) is 13.3. The fraction of sp³-hybridized carbons (Fsp3) is 0.333. The number of fused-ring (bicyclic) bond motifs is 1. The fourth-order valence-corrected chi connectivity index (χ4v) is 1.89. The number of rotatable bonds is 2. The average Bonchev–Trinajstić information content (AvgIpc) is 2.36. The molecule has 1 amide bonds. The first-order valence-electron chi connectivity index (χ1n) is 5.58. The van der Waals surface area contributed by atoms with Crippen LogP contribution in [0.1, 0.15) is 17.3 Å². The number of hydrogen-bond donors (Lipinski definition) is 2. The smallest absolute Gasteiger partial charge is 0.339 e. The molecule has 18 heavy (non-hydrogen) atoms. The molecule has 0 bridgehead atoms. The van der Waals surface area contributed by atoms with Crippen molar-refractivity contribution in [2.75, 3.05) is 18.1 Å². The van der Waals surface area contributed by atoms with Crippen LogP contribution in [0.3, 0.4) is 0 Å². The molecule has 0 aromatic heterocycles. The molecule has 0 radical (unpaired) electrons. The van der Waals surface area contributed by atoms with Gasteiger partial charge in [0, 0.05) is 0 Å². The molecule has 0 saturated heterocycles. The molecule has 1 aromatic rings. The van der Waals surface area contributed by atoms with Crippen molar-refractivity contribution >= 4 is 17.6 Å². The maximum Gasteiger partial charge on any atom is 0.339 e. The van der Waals surface area contributed by atoms with E-state index in [2.05, 4.69) is 0 Å². The number of carbonyl (C=O) groups is 2. The van der Waals surface area contributed by atoms with Crippen LogP contribution in [0.2, 0.25) is 0 Å². The van der Waals surface area contributed by atoms with Crippen molar-refractivity contribution < 1.29 is 19.4 Å². The highest BCUT2D eigenvalue weighted by Gasteiger charge is 2.28. The maximum absolute atomic E-state index is 11.9. The number of anilines is 1. The van der Waals surface area contributed by atoms with E-state index in [4.69, 9.17) is 15.6 Å². The summed E-state index contributed by atoms with van der Waals surface area (Å²) in [6.07, 6.45) is 0. The first-order valence-corrected chi connectivity index (χ1v) is 5.58. The van der Waals surface area contributed by atoms with Crippen LogP contribution in [0.25, 0.3) is 0 Å². The molecule has 0 saturated carbocycles. The van der Waals surface area contributed by atoms with E-state index in [0.717, 1.165) is 0 Å². The summed E-state index contributed by atoms with van der Waals surface area (Å²) in [4.78, 5) is 24.5. The van der Waals surface area contributed by atoms with Crippen LogP contribution in [0, 0.1) is 0 Å². The number of carbonyl (C=O) groups excluding carboxylic acids is 1. The topological polar surface area (TPSA) is 92.9 Å². The molecule has 6 heteroatoms. The minimum Gasteiger partial charge on any atom is -0.489 e. The van der Waals surface area contributed by atoms with E-state index < -0.39 is 12.0 Å². The summed E-state index contributed by atoms with van der Waals surface area (Å²) in [6, 6.07) is 4.05. The lowest BCUT2D eigenvalue weighted by Gasteiger charge is -2.31. The first-order chi connectivity index (χ1) is 8.52. The minimum atomic E-state index is -1.08. The summed E-state index contributed by atoms with van der Waals surface area (Å²) in [6.45, 7) is 2.23. The molecule has 1 aliphatic heterocycles. The summed E-state index contributed by atoms with van der Waals surface area (Å²) in [5, 5.41) is 9.07. The lowest BCUT2D eigenvalue weighted by atomic mass is 10.1. The van der Waals surface area contributed by atoms with Crippen LogP contribution in [0.4, 0.5) is 5.69 Å². The van der Waals surface area contributed by atoms with Gasteiger partial charge in [-0.2, -0.15) is 0 Å². The summed E-state index contributed by atoms with van der Waals surface area (Å²) < 4.78 is 5.36. The van der Waals surface area contributed by atoms with E-state index in [1.54, 1.807) is 19.1 Å². The van der Waals surface area contributed by atoms with Gasteiger partial charge < -0.3 is 20.5 Å². The zero-order valence-electron chi connectivity index (χ0n) is 9.92. The highest BCUT2D eigenvalue weighted by molar-refractivity contribution is 6.01. The third-order valence-corrected chi connectivity index (χ3v) is 2.73. The largest absolute Gasteiger partial charge is 0.489 e. The van der Waals surface area contributed by atoms with Crippen LogP contribution in [0.15, 0.2) is 18.2 Å². The minimum absolute atomic E-state index is 0.0506. The number of nitrogens with zero attached hydrogens (tertiary/aromatic N) is 1. The summed E-state index contributed by atoms with van der Waals surface area (Å²) in [5.41, 5.74) is 6.09. The monoisotopic (exact) mass is 250 g/mol. The lowest BCUT2D eigenvalue weighted by Crippen LogP contribution is -2.46. The quantitative estimate of drug-likeness (QED) is 0.795. The van der Waals surface area contributed by atoms with Gasteiger partial charge in [0.2, 0.25) is 5.91 Å². The van der Waals surface area contributed by atoms with Crippen LogP contribution in [-0.4, -0.2) is 36.2 Å². The van der Waals surface area contributed by atoms with E-state index in [1.165, 1.54) is 11.0 Å². The third kappa shape index (κ3) is 2.02. The Morgan fingerprint density at radius 3 is 2.83 bits per heavy atom. The molecule has 1 unspecified atom stereocenters. The molecule has 1 aliphatic rings. The Kier molecular flexibility index (Phi) is 3.20. The van der Waals surface area contributed by atoms with E-state index in [0.29, 0.717) is 12.2 Å². The Labute approximate surface area is 104 Å². The number of benzene rings is 1. The van der Waals surface area contributed by atoms with E-state index >= 15 is 0 Å². The van der Waals surface area contributed by atoms with Gasteiger partial charge in [0.1, 0.15) is 12.2 Å². The van der Waals surface area contributed by atoms with Crippen LogP contribution >= 0.6 is 0 Å². The molecular formula is C12H14N2O4. The predicted molar refractivity (Wildman–Crippen MR) is 64.9 cm³/mol. The molecule has 1 heterocycles. The van der Waals surface area contributed by atoms with Gasteiger partial charge in [-0.15, -0.1) is 0 Å². The Balaban J connectivity index is 2.48. The van der Waals surface area contributed by atoms with Crippen LogP contribution < -0.4 is 15.4 Å². The summed E-state index contributed by atoms with van der Waals surface area (Å²) in [7, 11) is 0. The SMILES string of the molecule is CC(N)C(=O)N1CCOc2c(C(=O)O)cccc21. The van der Waals surface area contributed by atoms with Crippen LogP contribution in [-0.2, 0) is 4.79 Å². The van der Waals surface area contributed by atoms with Gasteiger partial charge in [-0.1, -0.05) is 6.07 Å². The van der Waals surface area contributed by atoms with E-state index in [1.807, 2.05) is 0 Å². The van der Waals surface area contributed by atoms with Gasteiger partial charge in [-0.05, 0) is 19.1 Å². The van der Waals surface area contributed by atoms with Crippen molar-refractivity contribution in [1.82, 2.24) is 0 Å². The van der Waals surface area contributed by atoms with Gasteiger partial charge in [0.05, 0.1) is 18.3 Å². The first kappa shape index (κ1) is 12.4. The molecule has 2 rings (SSSR count). The molecular weight excluding hydrogens is 236 g/mol. The Morgan fingerprint density at radius 2 is 2.22 bits per heavy atom. The summed E-state index contributed by atoms with van der Waals surface area (Å²) in [5.74, 6) is -1.10. The Bertz CT molecular complexity index is 499. The highest BCUT2D eigenvalue weighted by atomic mass is 16.5. The van der Waals surface area contributed by atoms with Crippen molar-refractivity contribution in [2.24, 2.45) is 5.73 Å². The van der Waals surface area contributed by atoms with Gasteiger partial charge in [0.25, 0.3) is 0 Å². The second kappa shape index (κ2) is 4.66. The van der Waals surface area contributed by atoms with Crippen LogP contribution in [0.5, 0.6) is 5.75 Å². The second-order valence-electron chi connectivity index (χ2n) is 4.09. The maximum atomic E-state index is 11.9. The Hall–Kier alpha value is -2.08. The molecule has 0 fully saturated rings. The molecule has 3 N–H and O–H groups in total. The molecule has 0 spiro atoms. The normalized spacial score (nSPS) is 15.6. The lowest BCUT2D eigenvalue weighted by molar-refractivity contribution is -0.119. The van der Waals surface area contributed by atoms with Gasteiger partial charge in [-0.3, -0.25) is 4.79 Å². The molecule has 6 nitrogen and oxygen atoms in total. The molecule has 0 aliphatic carbocycles. The molecule has 1 atom stereocenters. The molecule has 1 aromatic carbocycles. The molecule has 96 valence electrons. The number of hydrogen-bond acceptors (Lipinski definition) is 4. The highest BCUT2D eigenvalue weighted by Crippen LogP contribution is 2.35. The zero-order valence-corrected chi connectivity index (χ0v) is 9.92. The van der Waals surface area contributed by atoms with Gasteiger partial charge in [-0.25, -0.2) is 4.79 Å². The van der Waals surface area contributed by atoms with Gasteiger partial charge in [0.15, 0.2) is 5.75 Å². The van der Waals surface area contributed by atoms with E-state index in [-0.39, 0.29) is 23.8 Å². The standard InChI is InChI=1S/C12H14N2O4/c1-7(13)11(15)14-5-6-18-10-8(12(16)17)3-2-4-9(10)14/h2-4,7H,5-6,13H2,1H3,(H,16,17). The van der Waals surface area contributed by atoms with Crippen molar-refractivity contribution in [3.63, 3.8) is 0 Å².